The van der Waals surface area contributed by atoms with Gasteiger partial charge in [0.05, 0.1) is 5.69 Å². The number of nitrogens with two attached hydrogens (primary N) is 1. The third-order valence-corrected chi connectivity index (χ3v) is 4.85. The first kappa shape index (κ1) is 12.4. The van der Waals surface area contributed by atoms with Gasteiger partial charge in [-0.25, -0.2) is 4.98 Å². The average Bonchev–Trinajstić information content (AvgIpc) is 2.71. The summed E-state index contributed by atoms with van der Waals surface area (Å²) >= 11 is 3.98. The predicted octanol–water partition coefficient (Wildman–Crippen LogP) is 2.76. The molecule has 1 unspecified atom stereocenters. The van der Waals surface area contributed by atoms with E-state index in [4.69, 9.17) is 5.73 Å². The summed E-state index contributed by atoms with van der Waals surface area (Å²) in [6.07, 6.45) is 2.00. The van der Waals surface area contributed by atoms with Crippen molar-refractivity contribution in [3.63, 3.8) is 0 Å². The van der Waals surface area contributed by atoms with Crippen LogP contribution in [0.5, 0.6) is 0 Å². The summed E-state index contributed by atoms with van der Waals surface area (Å²) in [7, 11) is 0. The molecular weight excluding hydrogens is 357 g/mol. The van der Waals surface area contributed by atoms with Gasteiger partial charge in [-0.3, -0.25) is 0 Å². The zero-order valence-electron chi connectivity index (χ0n) is 9.82. The molecule has 0 amide bonds. The van der Waals surface area contributed by atoms with E-state index in [0.717, 1.165) is 19.4 Å². The molecule has 0 spiro atoms. The SMILES string of the molecule is Nc1nc2c(s1)C(Cc1cccc(I)c1)NCC2. The molecule has 0 fully saturated rings. The number of benzene rings is 1. The summed E-state index contributed by atoms with van der Waals surface area (Å²) in [5, 5.41) is 4.26. The van der Waals surface area contributed by atoms with Crippen molar-refractivity contribution in [3.8, 4) is 0 Å². The molecule has 2 heterocycles. The fraction of sp³-hybridized carbons (Fsp3) is 0.308. The Kier molecular flexibility index (Phi) is 3.54. The van der Waals surface area contributed by atoms with E-state index in [0.29, 0.717) is 11.2 Å². The average molecular weight is 371 g/mol. The van der Waals surface area contributed by atoms with E-state index in [1.54, 1.807) is 11.3 Å². The largest absolute Gasteiger partial charge is 0.375 e. The van der Waals surface area contributed by atoms with Crippen molar-refractivity contribution in [1.29, 1.82) is 0 Å². The fourth-order valence-corrected chi connectivity index (χ4v) is 3.92. The molecular formula is C13H14IN3S. The first-order chi connectivity index (χ1) is 8.72. The quantitative estimate of drug-likeness (QED) is 0.799. The minimum absolute atomic E-state index is 0.363. The number of hydrogen-bond donors (Lipinski definition) is 2. The molecule has 3 rings (SSSR count). The summed E-state index contributed by atoms with van der Waals surface area (Å²) in [5.74, 6) is 0. The zero-order valence-corrected chi connectivity index (χ0v) is 12.8. The van der Waals surface area contributed by atoms with Crippen molar-refractivity contribution < 1.29 is 0 Å². The molecule has 1 aromatic carbocycles. The van der Waals surface area contributed by atoms with E-state index < -0.39 is 0 Å². The van der Waals surface area contributed by atoms with Gasteiger partial charge >= 0.3 is 0 Å². The Morgan fingerprint density at radius 2 is 2.39 bits per heavy atom. The van der Waals surface area contributed by atoms with Crippen molar-refractivity contribution in [2.75, 3.05) is 12.3 Å². The number of fused-ring (bicyclic) bond motifs is 1. The molecule has 0 saturated carbocycles. The number of hydrogen-bond acceptors (Lipinski definition) is 4. The van der Waals surface area contributed by atoms with Crippen LogP contribution in [0.4, 0.5) is 5.13 Å². The van der Waals surface area contributed by atoms with E-state index in [1.165, 1.54) is 19.7 Å². The lowest BCUT2D eigenvalue weighted by atomic mass is 10.0. The van der Waals surface area contributed by atoms with Gasteiger partial charge in [-0.2, -0.15) is 0 Å². The number of nitrogens with one attached hydrogen (secondary N) is 1. The highest BCUT2D eigenvalue weighted by molar-refractivity contribution is 14.1. The van der Waals surface area contributed by atoms with Crippen molar-refractivity contribution in [3.05, 3.63) is 44.0 Å². The highest BCUT2D eigenvalue weighted by Gasteiger charge is 2.23. The van der Waals surface area contributed by atoms with Crippen LogP contribution in [0.1, 0.15) is 22.2 Å². The molecule has 18 heavy (non-hydrogen) atoms. The van der Waals surface area contributed by atoms with Gasteiger partial charge in [0.25, 0.3) is 0 Å². The number of aromatic nitrogens is 1. The third-order valence-electron chi connectivity index (χ3n) is 3.14. The Labute approximate surface area is 124 Å². The third kappa shape index (κ3) is 2.53. The molecule has 1 atom stereocenters. The van der Waals surface area contributed by atoms with Gasteiger partial charge in [0.1, 0.15) is 0 Å². The van der Waals surface area contributed by atoms with Gasteiger partial charge in [-0.05, 0) is 46.7 Å². The van der Waals surface area contributed by atoms with E-state index in [-0.39, 0.29) is 0 Å². The molecule has 0 bridgehead atoms. The van der Waals surface area contributed by atoms with Gasteiger partial charge in [0.2, 0.25) is 0 Å². The summed E-state index contributed by atoms with van der Waals surface area (Å²) in [6.45, 7) is 0.991. The van der Waals surface area contributed by atoms with Crippen molar-refractivity contribution in [1.82, 2.24) is 10.3 Å². The summed E-state index contributed by atoms with van der Waals surface area (Å²) in [4.78, 5) is 5.73. The number of nitrogens with zero attached hydrogens (tertiary/aromatic N) is 1. The Morgan fingerprint density at radius 3 is 3.22 bits per heavy atom. The topological polar surface area (TPSA) is 50.9 Å². The highest BCUT2D eigenvalue weighted by Crippen LogP contribution is 2.32. The molecule has 1 aromatic heterocycles. The molecule has 0 saturated heterocycles. The minimum atomic E-state index is 0.363. The standard InChI is InChI=1S/C13H14IN3S/c14-9-3-1-2-8(6-9)7-11-12-10(4-5-16-11)17-13(15)18-12/h1-3,6,11,16H,4-5,7H2,(H2,15,17). The highest BCUT2D eigenvalue weighted by atomic mass is 127. The van der Waals surface area contributed by atoms with E-state index >= 15 is 0 Å². The van der Waals surface area contributed by atoms with Crippen LogP contribution in [-0.2, 0) is 12.8 Å². The molecule has 0 aliphatic carbocycles. The molecule has 3 N–H and O–H groups in total. The minimum Gasteiger partial charge on any atom is -0.375 e. The molecule has 94 valence electrons. The molecule has 1 aliphatic rings. The number of anilines is 1. The maximum Gasteiger partial charge on any atom is 0.180 e. The van der Waals surface area contributed by atoms with Crippen LogP contribution in [0.3, 0.4) is 0 Å². The van der Waals surface area contributed by atoms with Gasteiger partial charge < -0.3 is 11.1 Å². The van der Waals surface area contributed by atoms with Crippen LogP contribution in [0.25, 0.3) is 0 Å². The lowest BCUT2D eigenvalue weighted by Crippen LogP contribution is -2.30. The molecule has 1 aliphatic heterocycles. The Bertz CT molecular complexity index is 567. The molecule has 3 nitrogen and oxygen atoms in total. The summed E-state index contributed by atoms with van der Waals surface area (Å²) in [6, 6.07) is 9.02. The lowest BCUT2D eigenvalue weighted by molar-refractivity contribution is 0.507. The van der Waals surface area contributed by atoms with E-state index in [1.807, 2.05) is 0 Å². The van der Waals surface area contributed by atoms with Gasteiger partial charge in [0.15, 0.2) is 5.13 Å². The van der Waals surface area contributed by atoms with Crippen LogP contribution in [-0.4, -0.2) is 11.5 Å². The Hall–Kier alpha value is -0.660. The Morgan fingerprint density at radius 1 is 1.50 bits per heavy atom. The van der Waals surface area contributed by atoms with Crippen molar-refractivity contribution in [2.24, 2.45) is 0 Å². The maximum atomic E-state index is 5.82. The predicted molar refractivity (Wildman–Crippen MR) is 83.8 cm³/mol. The van der Waals surface area contributed by atoms with Gasteiger partial charge in [-0.15, -0.1) is 11.3 Å². The van der Waals surface area contributed by atoms with Crippen LogP contribution in [0, 0.1) is 3.57 Å². The second kappa shape index (κ2) is 5.14. The number of thiazole rings is 1. The number of rotatable bonds is 2. The summed E-state index contributed by atoms with van der Waals surface area (Å²) in [5.41, 5.74) is 8.36. The monoisotopic (exact) mass is 371 g/mol. The van der Waals surface area contributed by atoms with E-state index in [9.17, 15) is 0 Å². The van der Waals surface area contributed by atoms with Crippen LogP contribution < -0.4 is 11.1 Å². The van der Waals surface area contributed by atoms with Crippen LogP contribution in [0.15, 0.2) is 24.3 Å². The second-order valence-electron chi connectivity index (χ2n) is 4.45. The first-order valence-corrected chi connectivity index (χ1v) is 7.85. The normalized spacial score (nSPS) is 18.6. The molecule has 0 radical (unpaired) electrons. The van der Waals surface area contributed by atoms with Crippen molar-refractivity contribution in [2.45, 2.75) is 18.9 Å². The van der Waals surface area contributed by atoms with Crippen LogP contribution in [0.2, 0.25) is 0 Å². The van der Waals surface area contributed by atoms with Crippen molar-refractivity contribution >= 4 is 39.1 Å². The van der Waals surface area contributed by atoms with Gasteiger partial charge in [-0.1, -0.05) is 12.1 Å². The van der Waals surface area contributed by atoms with Crippen LogP contribution >= 0.6 is 33.9 Å². The smallest absolute Gasteiger partial charge is 0.180 e. The number of nitrogen functional groups attached to an aromatic ring is 1. The first-order valence-electron chi connectivity index (χ1n) is 5.95. The lowest BCUT2D eigenvalue weighted by Gasteiger charge is -2.23. The second-order valence-corrected chi connectivity index (χ2v) is 6.76. The number of halogens is 1. The fourth-order valence-electron chi connectivity index (χ4n) is 2.36. The zero-order chi connectivity index (χ0) is 12.5. The molecule has 5 heteroatoms. The Balaban J connectivity index is 1.86. The van der Waals surface area contributed by atoms with Gasteiger partial charge in [0, 0.05) is 27.5 Å². The molecule has 2 aromatic rings. The van der Waals surface area contributed by atoms with E-state index in [2.05, 4.69) is 57.2 Å². The maximum absolute atomic E-state index is 5.82. The summed E-state index contributed by atoms with van der Waals surface area (Å²) < 4.78 is 1.28.